The molecular formula is C31H51BrN2O6Si2. The zero-order chi connectivity index (χ0) is 31.3. The molecule has 3 rings (SSSR count). The lowest BCUT2D eigenvalue weighted by atomic mass is 10.1. The molecule has 0 spiro atoms. The number of amides is 2. The third-order valence-corrected chi connectivity index (χ3v) is 15.1. The van der Waals surface area contributed by atoms with Gasteiger partial charge in [0.1, 0.15) is 12.8 Å². The molecule has 1 aromatic rings. The number of ether oxygens (including phenoxy) is 3. The van der Waals surface area contributed by atoms with Gasteiger partial charge in [-0.2, -0.15) is 0 Å². The van der Waals surface area contributed by atoms with Crippen LogP contribution in [0.5, 0.6) is 11.5 Å². The van der Waals surface area contributed by atoms with E-state index < -0.39 is 22.4 Å². The summed E-state index contributed by atoms with van der Waals surface area (Å²) in [6.45, 7) is 19.5. The molecule has 11 heteroatoms. The maximum Gasteiger partial charge on any atom is 0.260 e. The molecule has 0 saturated heterocycles. The summed E-state index contributed by atoms with van der Waals surface area (Å²) in [6.07, 6.45) is 5.26. The van der Waals surface area contributed by atoms with Gasteiger partial charge >= 0.3 is 0 Å². The van der Waals surface area contributed by atoms with Gasteiger partial charge in [0.05, 0.1) is 31.6 Å². The number of fused-ring (bicyclic) bond motifs is 2. The third kappa shape index (κ3) is 8.71. The van der Waals surface area contributed by atoms with Crippen LogP contribution in [0.2, 0.25) is 43.8 Å². The first kappa shape index (κ1) is 34.8. The largest absolute Gasteiger partial charge is 0.493 e. The number of unbranched alkanes of at least 4 members (excludes halogenated alkanes) is 2. The number of halogens is 1. The fraction of sp³-hybridized carbons (Fsp3) is 0.677. The molecule has 0 fully saturated rings. The zero-order valence-corrected chi connectivity index (χ0v) is 30.7. The molecular weight excluding hydrogens is 632 g/mol. The van der Waals surface area contributed by atoms with Gasteiger partial charge in [-0.05, 0) is 55.1 Å². The molecule has 42 heavy (non-hydrogen) atoms. The number of nitrogens with zero attached hydrogens (tertiary/aromatic N) is 2. The average Bonchev–Trinajstić information content (AvgIpc) is 3.31. The SMILES string of the molecule is COc1cc2c(cc1OCCCCCBr)N(COCC[Si](C)(C)C)C(=O)[C@@H]1CC(CO[Si](C)(C)C(C)(C)C)=CN1C2=O. The minimum Gasteiger partial charge on any atom is -0.493 e. The van der Waals surface area contributed by atoms with Crippen LogP contribution in [0.15, 0.2) is 23.9 Å². The Morgan fingerprint density at radius 3 is 2.33 bits per heavy atom. The van der Waals surface area contributed by atoms with Gasteiger partial charge in [-0.25, -0.2) is 0 Å². The minimum atomic E-state index is -2.00. The van der Waals surface area contributed by atoms with Crippen molar-refractivity contribution in [2.45, 2.75) is 96.3 Å². The van der Waals surface area contributed by atoms with E-state index in [1.165, 1.54) is 0 Å². The van der Waals surface area contributed by atoms with Gasteiger partial charge in [0.15, 0.2) is 19.8 Å². The molecule has 8 nitrogen and oxygen atoms in total. The van der Waals surface area contributed by atoms with E-state index >= 15 is 0 Å². The predicted molar refractivity (Wildman–Crippen MR) is 178 cm³/mol. The highest BCUT2D eigenvalue weighted by Gasteiger charge is 2.44. The molecule has 0 N–H and O–H groups in total. The number of benzene rings is 1. The molecule has 2 heterocycles. The minimum absolute atomic E-state index is 0.0650. The van der Waals surface area contributed by atoms with E-state index in [0.29, 0.717) is 49.0 Å². The Hall–Kier alpha value is -1.67. The quantitative estimate of drug-likeness (QED) is 0.109. The van der Waals surface area contributed by atoms with Crippen molar-refractivity contribution in [3.05, 3.63) is 29.5 Å². The predicted octanol–water partition coefficient (Wildman–Crippen LogP) is 7.42. The lowest BCUT2D eigenvalue weighted by molar-refractivity contribution is -0.123. The van der Waals surface area contributed by atoms with Crippen LogP contribution in [0.25, 0.3) is 0 Å². The summed E-state index contributed by atoms with van der Waals surface area (Å²) in [5.74, 6) is 0.584. The van der Waals surface area contributed by atoms with E-state index in [0.717, 1.165) is 36.2 Å². The van der Waals surface area contributed by atoms with Crippen molar-refractivity contribution < 1.29 is 28.2 Å². The Bertz CT molecular complexity index is 1150. The monoisotopic (exact) mass is 682 g/mol. The van der Waals surface area contributed by atoms with Crippen molar-refractivity contribution in [2.24, 2.45) is 0 Å². The van der Waals surface area contributed by atoms with Crippen LogP contribution in [0.4, 0.5) is 5.69 Å². The topological polar surface area (TPSA) is 77.5 Å². The van der Waals surface area contributed by atoms with Crippen molar-refractivity contribution in [1.29, 1.82) is 0 Å². The second-order valence-corrected chi connectivity index (χ2v) is 25.2. The van der Waals surface area contributed by atoms with Crippen molar-refractivity contribution in [2.75, 3.05) is 43.9 Å². The number of hydrogen-bond donors (Lipinski definition) is 0. The molecule has 1 atom stereocenters. The van der Waals surface area contributed by atoms with E-state index in [1.807, 2.05) is 6.20 Å². The molecule has 0 aliphatic carbocycles. The highest BCUT2D eigenvalue weighted by Crippen LogP contribution is 2.41. The van der Waals surface area contributed by atoms with Crippen LogP contribution in [0.1, 0.15) is 56.8 Å². The molecule has 2 aliphatic heterocycles. The van der Waals surface area contributed by atoms with Crippen molar-refractivity contribution in [3.63, 3.8) is 0 Å². The molecule has 2 amide bonds. The molecule has 2 aliphatic rings. The van der Waals surface area contributed by atoms with Gasteiger partial charge in [-0.1, -0.05) is 56.3 Å². The van der Waals surface area contributed by atoms with E-state index in [1.54, 1.807) is 29.0 Å². The number of anilines is 1. The summed E-state index contributed by atoms with van der Waals surface area (Å²) in [5, 5.41) is 1.03. The first-order valence-corrected chi connectivity index (χ1v) is 22.8. The zero-order valence-electron chi connectivity index (χ0n) is 27.1. The number of alkyl halides is 1. The first-order valence-electron chi connectivity index (χ1n) is 15.1. The number of hydrogen-bond acceptors (Lipinski definition) is 6. The Balaban J connectivity index is 1.93. The summed E-state index contributed by atoms with van der Waals surface area (Å²) in [4.78, 5) is 31.4. The van der Waals surface area contributed by atoms with E-state index in [9.17, 15) is 9.59 Å². The Morgan fingerprint density at radius 2 is 1.71 bits per heavy atom. The lowest BCUT2D eigenvalue weighted by Gasteiger charge is -2.36. The Labute approximate surface area is 263 Å². The van der Waals surface area contributed by atoms with Crippen molar-refractivity contribution in [1.82, 2.24) is 4.90 Å². The van der Waals surface area contributed by atoms with Crippen LogP contribution in [0.3, 0.4) is 0 Å². The first-order chi connectivity index (χ1) is 19.6. The van der Waals surface area contributed by atoms with Gasteiger partial charge in [0.25, 0.3) is 11.8 Å². The number of rotatable bonds is 15. The van der Waals surface area contributed by atoms with Gasteiger partial charge < -0.3 is 23.5 Å². The van der Waals surface area contributed by atoms with E-state index in [4.69, 9.17) is 18.6 Å². The molecule has 0 unspecified atom stereocenters. The molecule has 1 aromatic carbocycles. The molecule has 0 saturated carbocycles. The smallest absolute Gasteiger partial charge is 0.260 e. The summed E-state index contributed by atoms with van der Waals surface area (Å²) >= 11 is 3.47. The normalized spacial score (nSPS) is 17.7. The molecule has 0 radical (unpaired) electrons. The fourth-order valence-corrected chi connectivity index (χ4v) is 6.69. The van der Waals surface area contributed by atoms with Gasteiger partial charge in [-0.15, -0.1) is 0 Å². The Kier molecular flexibility index (Phi) is 11.9. The van der Waals surface area contributed by atoms with Crippen LogP contribution < -0.4 is 14.4 Å². The van der Waals surface area contributed by atoms with Crippen LogP contribution in [-0.4, -0.2) is 78.1 Å². The fourth-order valence-electron chi connectivity index (χ4n) is 4.55. The molecule has 0 bridgehead atoms. The highest BCUT2D eigenvalue weighted by molar-refractivity contribution is 9.09. The summed E-state index contributed by atoms with van der Waals surface area (Å²) in [6, 6.07) is 3.80. The summed E-state index contributed by atoms with van der Waals surface area (Å²) in [7, 11) is -1.75. The highest BCUT2D eigenvalue weighted by atomic mass is 79.9. The average molecular weight is 684 g/mol. The summed E-state index contributed by atoms with van der Waals surface area (Å²) in [5.41, 5.74) is 1.84. The van der Waals surface area contributed by atoms with E-state index in [2.05, 4.69) is 69.4 Å². The third-order valence-electron chi connectivity index (χ3n) is 8.38. The second kappa shape index (κ2) is 14.4. The van der Waals surface area contributed by atoms with Crippen LogP contribution in [-0.2, 0) is 14.0 Å². The maximum absolute atomic E-state index is 14.1. The van der Waals surface area contributed by atoms with Crippen LogP contribution >= 0.6 is 15.9 Å². The lowest BCUT2D eigenvalue weighted by Crippen LogP contribution is -2.45. The van der Waals surface area contributed by atoms with Crippen molar-refractivity contribution >= 4 is 49.8 Å². The van der Waals surface area contributed by atoms with Gasteiger partial charge in [0.2, 0.25) is 0 Å². The van der Waals surface area contributed by atoms with Crippen LogP contribution in [0, 0.1) is 0 Å². The summed E-state index contributed by atoms with van der Waals surface area (Å²) < 4.78 is 24.3. The maximum atomic E-state index is 14.1. The number of carbonyl (C=O) groups excluding carboxylic acids is 2. The van der Waals surface area contributed by atoms with Gasteiger partial charge in [-0.3, -0.25) is 14.5 Å². The molecule has 0 aromatic heterocycles. The van der Waals surface area contributed by atoms with Gasteiger partial charge in [0, 0.05) is 38.7 Å². The van der Waals surface area contributed by atoms with Crippen molar-refractivity contribution in [3.8, 4) is 11.5 Å². The number of carbonyl (C=O) groups is 2. The molecule has 236 valence electrons. The standard InChI is InChI=1S/C31H51BrN2O6Si2/c1-31(2,3)42(8,9)40-21-23-17-26-30(36)34(22-38-15-16-41(5,6)7)25-19-28(39-14-12-10-11-13-32)27(37-4)18-24(25)29(35)33(26)20-23/h18-20,26H,10-17,21-22H2,1-9H3/t26-/m0/s1. The van der Waals surface area contributed by atoms with E-state index in [-0.39, 0.29) is 23.6 Å². The second-order valence-electron chi connectivity index (χ2n) is 14.0. The Morgan fingerprint density at radius 1 is 1.00 bits per heavy atom. The number of methoxy groups -OCH3 is 1.